The molecule has 0 saturated carbocycles. The van der Waals surface area contributed by atoms with Crippen molar-refractivity contribution in [3.8, 4) is 22.9 Å². The Morgan fingerprint density at radius 2 is 2.07 bits per heavy atom. The van der Waals surface area contributed by atoms with Gasteiger partial charge in [-0.2, -0.15) is 9.97 Å². The number of hydrogen-bond acceptors (Lipinski definition) is 7. The Morgan fingerprint density at radius 1 is 1.18 bits per heavy atom. The van der Waals surface area contributed by atoms with Gasteiger partial charge < -0.3 is 20.1 Å². The molecule has 9 rings (SSSR count). The molecule has 1 aromatic heterocycles. The first-order valence-electron chi connectivity index (χ1n) is 15.8. The maximum atomic E-state index is 17.0. The number of nitrogens with zero attached hydrogens (tertiary/aromatic N) is 4. The topological polar surface area (TPSA) is 73.8 Å². The van der Waals surface area contributed by atoms with E-state index in [2.05, 4.69) is 27.0 Å². The number of aromatic hydroxyl groups is 1. The smallest absolute Gasteiger partial charge is 0.319 e. The number of alkyl halides is 1. The molecule has 4 atom stereocenters. The highest BCUT2D eigenvalue weighted by Crippen LogP contribution is 2.45. The van der Waals surface area contributed by atoms with E-state index < -0.39 is 12.0 Å². The summed E-state index contributed by atoms with van der Waals surface area (Å²) in [5.41, 5.74) is 1.48. The predicted molar refractivity (Wildman–Crippen MR) is 169 cm³/mol. The fourth-order valence-electron chi connectivity index (χ4n) is 8.29. The number of phenolic OH excluding ortho intramolecular Hbond substituents is 1. The van der Waals surface area contributed by atoms with E-state index in [9.17, 15) is 9.50 Å². The lowest BCUT2D eigenvalue weighted by atomic mass is 9.91. The number of aromatic nitrogens is 2. The van der Waals surface area contributed by atoms with Gasteiger partial charge in [0.1, 0.15) is 29.9 Å². The molecule has 5 aliphatic heterocycles. The molecule has 5 saturated heterocycles. The quantitative estimate of drug-likeness (QED) is 0.259. The SMILES string of the molecule is CCc1cccc2cc(O)cc(-c3c(Cl)cc4c(N5CC6CC[C@H]5CN6)nc(OC[C@@]56CCCN5C[C@H](F)C6)nc4c3F)c12. The number of phenols is 1. The summed E-state index contributed by atoms with van der Waals surface area (Å²) < 4.78 is 37.8. The van der Waals surface area contributed by atoms with Gasteiger partial charge in [0.2, 0.25) is 0 Å². The number of fused-ring (bicyclic) bond motifs is 6. The van der Waals surface area contributed by atoms with Crippen LogP contribution in [0.5, 0.6) is 11.8 Å². The molecule has 5 aliphatic rings. The van der Waals surface area contributed by atoms with Gasteiger partial charge in [-0.3, -0.25) is 4.90 Å². The van der Waals surface area contributed by atoms with E-state index in [0.29, 0.717) is 35.8 Å². The minimum atomic E-state index is -0.879. The van der Waals surface area contributed by atoms with Gasteiger partial charge in [0.15, 0.2) is 5.82 Å². The van der Waals surface area contributed by atoms with Gasteiger partial charge in [-0.15, -0.1) is 0 Å². The van der Waals surface area contributed by atoms with Crippen molar-refractivity contribution in [2.75, 3.05) is 37.7 Å². The number of piperazine rings is 1. The molecule has 7 nitrogen and oxygen atoms in total. The Labute approximate surface area is 260 Å². The molecule has 44 heavy (non-hydrogen) atoms. The molecule has 5 fully saturated rings. The van der Waals surface area contributed by atoms with Crippen LogP contribution in [0.15, 0.2) is 36.4 Å². The van der Waals surface area contributed by atoms with Gasteiger partial charge in [-0.25, -0.2) is 8.78 Å². The fraction of sp³-hybridized carbons (Fsp3) is 0.471. The first-order valence-corrected chi connectivity index (χ1v) is 16.2. The number of nitrogens with one attached hydrogen (secondary N) is 1. The number of benzene rings is 3. The van der Waals surface area contributed by atoms with E-state index in [1.54, 1.807) is 18.2 Å². The lowest BCUT2D eigenvalue weighted by Gasteiger charge is -2.46. The lowest BCUT2D eigenvalue weighted by Crippen LogP contribution is -2.61. The maximum absolute atomic E-state index is 17.0. The molecule has 4 aromatic rings. The highest BCUT2D eigenvalue weighted by molar-refractivity contribution is 6.35. The van der Waals surface area contributed by atoms with Crippen molar-refractivity contribution >= 4 is 39.1 Å². The summed E-state index contributed by atoms with van der Waals surface area (Å²) in [6.07, 6.45) is 4.23. The van der Waals surface area contributed by atoms with E-state index in [-0.39, 0.29) is 46.1 Å². The van der Waals surface area contributed by atoms with Crippen LogP contribution in [0.4, 0.5) is 14.6 Å². The molecule has 6 heterocycles. The zero-order valence-electron chi connectivity index (χ0n) is 24.8. The molecule has 2 bridgehead atoms. The Morgan fingerprint density at radius 3 is 2.84 bits per heavy atom. The summed E-state index contributed by atoms with van der Waals surface area (Å²) in [5, 5.41) is 16.7. The largest absolute Gasteiger partial charge is 0.508 e. The summed E-state index contributed by atoms with van der Waals surface area (Å²) in [7, 11) is 0. The van der Waals surface area contributed by atoms with E-state index in [1.165, 1.54) is 0 Å². The van der Waals surface area contributed by atoms with Crippen LogP contribution in [-0.4, -0.2) is 76.6 Å². The first-order chi connectivity index (χ1) is 21.3. The number of halogens is 3. The Bertz CT molecular complexity index is 1780. The lowest BCUT2D eigenvalue weighted by molar-refractivity contribution is 0.107. The monoisotopic (exact) mass is 619 g/mol. The van der Waals surface area contributed by atoms with E-state index in [0.717, 1.165) is 68.1 Å². The third-order valence-electron chi connectivity index (χ3n) is 10.4. The molecule has 2 N–H and O–H groups in total. The molecule has 0 spiro atoms. The van der Waals surface area contributed by atoms with Crippen molar-refractivity contribution < 1.29 is 18.6 Å². The highest BCUT2D eigenvalue weighted by Gasteiger charge is 2.49. The molecule has 0 aliphatic carbocycles. The Kier molecular flexibility index (Phi) is 6.84. The number of ether oxygens (including phenoxy) is 1. The number of piperidine rings is 2. The van der Waals surface area contributed by atoms with Gasteiger partial charge >= 0.3 is 6.01 Å². The summed E-state index contributed by atoms with van der Waals surface area (Å²) in [6.45, 7) is 5.15. The molecule has 10 heteroatoms. The molecule has 0 radical (unpaired) electrons. The molecule has 1 unspecified atom stereocenters. The zero-order chi connectivity index (χ0) is 30.2. The summed E-state index contributed by atoms with van der Waals surface area (Å²) in [6, 6.07) is 11.5. The maximum Gasteiger partial charge on any atom is 0.319 e. The average molecular weight is 620 g/mol. The van der Waals surface area contributed by atoms with Gasteiger partial charge in [0, 0.05) is 49.1 Å². The van der Waals surface area contributed by atoms with Crippen molar-refractivity contribution in [2.45, 2.75) is 69.2 Å². The average Bonchev–Trinajstić information content (AvgIpc) is 3.55. The standard InChI is InChI=1S/C34H36ClF2N5O2/c1-2-19-5-3-6-20-11-24(43)12-25(28(19)20)29-27(35)13-26-31(30(29)37)39-33(40-32(26)42-17-22-7-8-23(42)15-38-22)44-18-34-9-4-10-41(34)16-21(36)14-34/h3,5-6,11-13,21-23,38,43H,2,4,7-10,14-18H2,1H3/t21-,22?,23+,34+/m1/s1. The van der Waals surface area contributed by atoms with Crippen molar-refractivity contribution in [1.82, 2.24) is 20.2 Å². The zero-order valence-corrected chi connectivity index (χ0v) is 25.5. The highest BCUT2D eigenvalue weighted by atomic mass is 35.5. The van der Waals surface area contributed by atoms with E-state index in [4.69, 9.17) is 21.3 Å². The number of anilines is 1. The van der Waals surface area contributed by atoms with Crippen LogP contribution >= 0.6 is 11.6 Å². The van der Waals surface area contributed by atoms with Crippen LogP contribution in [0.3, 0.4) is 0 Å². The fourth-order valence-corrected chi connectivity index (χ4v) is 8.58. The van der Waals surface area contributed by atoms with Gasteiger partial charge in [0.25, 0.3) is 0 Å². The number of rotatable bonds is 6. The van der Waals surface area contributed by atoms with E-state index in [1.807, 2.05) is 18.2 Å². The second-order valence-electron chi connectivity index (χ2n) is 13.0. The first kappa shape index (κ1) is 28.2. The van der Waals surface area contributed by atoms with Crippen LogP contribution in [0.25, 0.3) is 32.8 Å². The summed E-state index contributed by atoms with van der Waals surface area (Å²) >= 11 is 6.96. The van der Waals surface area contributed by atoms with Gasteiger partial charge in [0.05, 0.1) is 10.6 Å². The van der Waals surface area contributed by atoms with Crippen LogP contribution in [0.2, 0.25) is 5.02 Å². The number of aryl methyl sites for hydroxylation is 1. The van der Waals surface area contributed by atoms with Crippen molar-refractivity contribution in [3.05, 3.63) is 52.8 Å². The predicted octanol–water partition coefficient (Wildman–Crippen LogP) is 6.41. The van der Waals surface area contributed by atoms with Crippen molar-refractivity contribution in [3.63, 3.8) is 0 Å². The van der Waals surface area contributed by atoms with E-state index >= 15 is 4.39 Å². The second kappa shape index (κ2) is 10.7. The molecule has 0 amide bonds. The minimum absolute atomic E-state index is 0.0312. The third kappa shape index (κ3) is 4.50. The molecular formula is C34H36ClF2N5O2. The van der Waals surface area contributed by atoms with Crippen molar-refractivity contribution in [2.24, 2.45) is 0 Å². The van der Waals surface area contributed by atoms with Gasteiger partial charge in [-0.1, -0.05) is 36.7 Å². The normalized spacial score (nSPS) is 26.6. The molecule has 3 aromatic carbocycles. The van der Waals surface area contributed by atoms with Crippen LogP contribution in [-0.2, 0) is 6.42 Å². The number of hydrogen-bond donors (Lipinski definition) is 2. The van der Waals surface area contributed by atoms with Crippen LogP contribution in [0.1, 0.15) is 44.6 Å². The third-order valence-corrected chi connectivity index (χ3v) is 10.7. The summed E-state index contributed by atoms with van der Waals surface area (Å²) in [5.74, 6) is 0.0623. The Balaban J connectivity index is 1.30. The van der Waals surface area contributed by atoms with Crippen molar-refractivity contribution in [1.29, 1.82) is 0 Å². The Hall–Kier alpha value is -3.27. The van der Waals surface area contributed by atoms with Gasteiger partial charge in [-0.05, 0) is 78.7 Å². The molecule has 230 valence electrons. The molecular weight excluding hydrogens is 584 g/mol. The van der Waals surface area contributed by atoms with Crippen LogP contribution < -0.4 is 15.0 Å². The minimum Gasteiger partial charge on any atom is -0.508 e. The van der Waals surface area contributed by atoms with Crippen LogP contribution in [0, 0.1) is 5.82 Å². The summed E-state index contributed by atoms with van der Waals surface area (Å²) in [4.78, 5) is 14.0. The second-order valence-corrected chi connectivity index (χ2v) is 13.4.